The van der Waals surface area contributed by atoms with Crippen molar-refractivity contribution in [3.8, 4) is 5.75 Å². The van der Waals surface area contributed by atoms with Crippen LogP contribution in [-0.2, 0) is 0 Å². The maximum absolute atomic E-state index is 12.0. The summed E-state index contributed by atoms with van der Waals surface area (Å²) in [5, 5.41) is 15.7. The number of aryl methyl sites for hydroxylation is 1. The fourth-order valence-electron chi connectivity index (χ4n) is 2.04. The van der Waals surface area contributed by atoms with Crippen molar-refractivity contribution in [1.29, 1.82) is 0 Å². The minimum Gasteiger partial charge on any atom is -0.508 e. The Bertz CT molecular complexity index is 412. The van der Waals surface area contributed by atoms with Gasteiger partial charge in [-0.3, -0.25) is 4.79 Å². The summed E-state index contributed by atoms with van der Waals surface area (Å²) < 4.78 is 0. The molecular weight excluding hydrogens is 216 g/mol. The Morgan fingerprint density at radius 2 is 2.35 bits per heavy atom. The molecule has 0 unspecified atom stereocenters. The topological polar surface area (TPSA) is 61.4 Å². The van der Waals surface area contributed by atoms with Crippen LogP contribution in [0.3, 0.4) is 0 Å². The van der Waals surface area contributed by atoms with Crippen LogP contribution in [0.4, 0.5) is 0 Å². The Morgan fingerprint density at radius 1 is 1.53 bits per heavy atom. The third-order valence-corrected chi connectivity index (χ3v) is 3.09. The van der Waals surface area contributed by atoms with Gasteiger partial charge in [0.05, 0.1) is 0 Å². The second-order valence-electron chi connectivity index (χ2n) is 4.52. The summed E-state index contributed by atoms with van der Waals surface area (Å²) >= 11 is 0. The summed E-state index contributed by atoms with van der Waals surface area (Å²) in [6.07, 6.45) is 2.12. The number of carbonyl (C=O) groups is 1. The number of rotatable bonds is 2. The number of phenolic OH excluding ortho intramolecular Hbond substituents is 1. The van der Waals surface area contributed by atoms with Crippen molar-refractivity contribution >= 4 is 5.91 Å². The first-order valence-corrected chi connectivity index (χ1v) is 5.98. The first-order valence-electron chi connectivity index (χ1n) is 5.98. The van der Waals surface area contributed by atoms with E-state index in [4.69, 9.17) is 0 Å². The first-order chi connectivity index (χ1) is 8.16. The van der Waals surface area contributed by atoms with Crippen molar-refractivity contribution in [1.82, 2.24) is 10.6 Å². The highest BCUT2D eigenvalue weighted by molar-refractivity contribution is 5.94. The van der Waals surface area contributed by atoms with Crippen LogP contribution in [-0.4, -0.2) is 30.1 Å². The molecular formula is C13H18N2O2. The second kappa shape index (κ2) is 5.19. The van der Waals surface area contributed by atoms with E-state index in [1.807, 2.05) is 0 Å². The van der Waals surface area contributed by atoms with E-state index in [0.29, 0.717) is 5.56 Å². The summed E-state index contributed by atoms with van der Waals surface area (Å²) in [6, 6.07) is 5.13. The molecule has 0 aliphatic carbocycles. The molecule has 4 nitrogen and oxygen atoms in total. The van der Waals surface area contributed by atoms with Crippen LogP contribution in [0, 0.1) is 6.92 Å². The zero-order valence-corrected chi connectivity index (χ0v) is 9.99. The SMILES string of the molecule is Cc1cc(C(=O)N[C@@H]2CCCNC2)ccc1O. The number of piperidine rings is 1. The van der Waals surface area contributed by atoms with Gasteiger partial charge >= 0.3 is 0 Å². The maximum Gasteiger partial charge on any atom is 0.251 e. The van der Waals surface area contributed by atoms with Crippen LogP contribution in [0.25, 0.3) is 0 Å². The number of nitrogens with one attached hydrogen (secondary N) is 2. The van der Waals surface area contributed by atoms with Crippen molar-refractivity contribution in [3.63, 3.8) is 0 Å². The average Bonchev–Trinajstić information content (AvgIpc) is 2.34. The van der Waals surface area contributed by atoms with Crippen LogP contribution in [0.5, 0.6) is 5.75 Å². The van der Waals surface area contributed by atoms with Gasteiger partial charge in [-0.2, -0.15) is 0 Å². The third kappa shape index (κ3) is 2.97. The molecule has 1 aromatic carbocycles. The monoisotopic (exact) mass is 234 g/mol. The van der Waals surface area contributed by atoms with Crippen LogP contribution >= 0.6 is 0 Å². The van der Waals surface area contributed by atoms with Crippen LogP contribution < -0.4 is 10.6 Å². The van der Waals surface area contributed by atoms with E-state index in [1.165, 1.54) is 0 Å². The predicted octanol–water partition coefficient (Wildman–Crippen LogP) is 1.18. The number of aromatic hydroxyl groups is 1. The van der Waals surface area contributed by atoms with E-state index < -0.39 is 0 Å². The number of amides is 1. The Balaban J connectivity index is 2.01. The molecule has 1 aliphatic rings. The van der Waals surface area contributed by atoms with Crippen molar-refractivity contribution in [3.05, 3.63) is 29.3 Å². The number of carbonyl (C=O) groups excluding carboxylic acids is 1. The number of phenols is 1. The maximum atomic E-state index is 12.0. The summed E-state index contributed by atoms with van der Waals surface area (Å²) in [4.78, 5) is 12.0. The molecule has 1 aromatic rings. The summed E-state index contributed by atoms with van der Waals surface area (Å²) in [6.45, 7) is 3.65. The van der Waals surface area contributed by atoms with Crippen molar-refractivity contribution < 1.29 is 9.90 Å². The molecule has 4 heteroatoms. The lowest BCUT2D eigenvalue weighted by atomic mass is 10.1. The quantitative estimate of drug-likeness (QED) is 0.720. The van der Waals surface area contributed by atoms with Crippen LogP contribution in [0.1, 0.15) is 28.8 Å². The molecule has 17 heavy (non-hydrogen) atoms. The Kier molecular flexibility index (Phi) is 3.64. The molecule has 1 aliphatic heterocycles. The minimum atomic E-state index is -0.0678. The second-order valence-corrected chi connectivity index (χ2v) is 4.52. The van der Waals surface area contributed by atoms with Gasteiger partial charge in [-0.25, -0.2) is 0 Å². The van der Waals surface area contributed by atoms with Crippen molar-refractivity contribution in [2.24, 2.45) is 0 Å². The van der Waals surface area contributed by atoms with Gasteiger partial charge in [0.2, 0.25) is 0 Å². The molecule has 0 radical (unpaired) electrons. The lowest BCUT2D eigenvalue weighted by Crippen LogP contribution is -2.45. The largest absolute Gasteiger partial charge is 0.508 e. The molecule has 1 saturated heterocycles. The minimum absolute atomic E-state index is 0.0678. The molecule has 3 N–H and O–H groups in total. The molecule has 0 saturated carbocycles. The van der Waals surface area contributed by atoms with Gasteiger partial charge in [-0.15, -0.1) is 0 Å². The zero-order valence-electron chi connectivity index (χ0n) is 9.99. The van der Waals surface area contributed by atoms with Crippen LogP contribution in [0.15, 0.2) is 18.2 Å². The Morgan fingerprint density at radius 3 is 3.00 bits per heavy atom. The van der Waals surface area contributed by atoms with E-state index in [9.17, 15) is 9.90 Å². The summed E-state index contributed by atoms with van der Waals surface area (Å²) in [7, 11) is 0. The molecule has 0 aromatic heterocycles. The van der Waals surface area contributed by atoms with Gasteiger partial charge in [0.25, 0.3) is 5.91 Å². The predicted molar refractivity (Wildman–Crippen MR) is 66.2 cm³/mol. The fourth-order valence-corrected chi connectivity index (χ4v) is 2.04. The average molecular weight is 234 g/mol. The molecule has 1 atom stereocenters. The molecule has 0 bridgehead atoms. The number of benzene rings is 1. The summed E-state index contributed by atoms with van der Waals surface area (Å²) in [5.74, 6) is 0.155. The lowest BCUT2D eigenvalue weighted by molar-refractivity contribution is 0.0930. The van der Waals surface area contributed by atoms with E-state index in [2.05, 4.69) is 10.6 Å². The van der Waals surface area contributed by atoms with Gasteiger partial charge in [-0.05, 0) is 50.1 Å². The van der Waals surface area contributed by atoms with E-state index >= 15 is 0 Å². The molecule has 1 fully saturated rings. The summed E-state index contributed by atoms with van der Waals surface area (Å²) in [5.41, 5.74) is 1.32. The lowest BCUT2D eigenvalue weighted by Gasteiger charge is -2.23. The third-order valence-electron chi connectivity index (χ3n) is 3.09. The Labute approximate surface area is 101 Å². The normalized spacial score (nSPS) is 19.9. The van der Waals surface area contributed by atoms with E-state index in [-0.39, 0.29) is 17.7 Å². The Hall–Kier alpha value is -1.55. The van der Waals surface area contributed by atoms with Gasteiger partial charge in [0.15, 0.2) is 0 Å². The molecule has 92 valence electrons. The molecule has 1 amide bonds. The van der Waals surface area contributed by atoms with Crippen molar-refractivity contribution in [2.45, 2.75) is 25.8 Å². The molecule has 0 spiro atoms. The number of hydrogen-bond acceptors (Lipinski definition) is 3. The van der Waals surface area contributed by atoms with Gasteiger partial charge < -0.3 is 15.7 Å². The van der Waals surface area contributed by atoms with E-state index in [0.717, 1.165) is 31.5 Å². The highest BCUT2D eigenvalue weighted by Gasteiger charge is 2.16. The highest BCUT2D eigenvalue weighted by atomic mass is 16.3. The van der Waals surface area contributed by atoms with E-state index in [1.54, 1.807) is 25.1 Å². The number of hydrogen-bond donors (Lipinski definition) is 3. The fraction of sp³-hybridized carbons (Fsp3) is 0.462. The molecule has 2 rings (SSSR count). The van der Waals surface area contributed by atoms with Crippen LogP contribution in [0.2, 0.25) is 0 Å². The van der Waals surface area contributed by atoms with Gasteiger partial charge in [-0.1, -0.05) is 0 Å². The standard InChI is InChI=1S/C13H18N2O2/c1-9-7-10(4-5-12(9)16)13(17)15-11-3-2-6-14-8-11/h4-5,7,11,14,16H,2-3,6,8H2,1H3,(H,15,17)/t11-/m1/s1. The molecule has 1 heterocycles. The highest BCUT2D eigenvalue weighted by Crippen LogP contribution is 2.17. The first kappa shape index (κ1) is 11.9. The smallest absolute Gasteiger partial charge is 0.251 e. The zero-order chi connectivity index (χ0) is 12.3. The van der Waals surface area contributed by atoms with Gasteiger partial charge in [0.1, 0.15) is 5.75 Å². The van der Waals surface area contributed by atoms with Gasteiger partial charge in [0, 0.05) is 18.2 Å². The van der Waals surface area contributed by atoms with Crippen molar-refractivity contribution in [2.75, 3.05) is 13.1 Å².